The predicted octanol–water partition coefficient (Wildman–Crippen LogP) is 5.77. The Hall–Kier alpha value is -3.69. The predicted molar refractivity (Wildman–Crippen MR) is 116 cm³/mol. The van der Waals surface area contributed by atoms with Crippen LogP contribution in [0, 0.1) is 11.3 Å². The number of benzene rings is 2. The van der Waals surface area contributed by atoms with Gasteiger partial charge in [0.1, 0.15) is 11.1 Å². The van der Waals surface area contributed by atoms with Gasteiger partial charge in [0.05, 0.1) is 17.0 Å². The average molecular weight is 411 g/mol. The van der Waals surface area contributed by atoms with Gasteiger partial charge in [0.15, 0.2) is 11.5 Å². The summed E-state index contributed by atoms with van der Waals surface area (Å²) < 4.78 is 5.45. The van der Waals surface area contributed by atoms with Gasteiger partial charge in [-0.15, -0.1) is 0 Å². The zero-order valence-corrected chi connectivity index (χ0v) is 17.0. The molecule has 146 valence electrons. The quantitative estimate of drug-likeness (QED) is 0.296. The number of nitriles is 1. The molecule has 6 heteroatoms. The molecule has 4 aromatic rings. The Labute approximate surface area is 178 Å². The second kappa shape index (κ2) is 8.76. The van der Waals surface area contributed by atoms with Gasteiger partial charge < -0.3 is 4.52 Å². The van der Waals surface area contributed by atoms with Crippen LogP contribution in [0.5, 0.6) is 0 Å². The van der Waals surface area contributed by atoms with Gasteiger partial charge in [0, 0.05) is 28.5 Å². The number of rotatable bonds is 6. The topological polar surface area (TPSA) is 79.8 Å². The van der Waals surface area contributed by atoms with Crippen molar-refractivity contribution in [3.05, 3.63) is 89.6 Å². The smallest absolute Gasteiger partial charge is 0.167 e. The molecule has 0 fully saturated rings. The van der Waals surface area contributed by atoms with Crippen molar-refractivity contribution in [2.75, 3.05) is 0 Å². The minimum absolute atomic E-state index is 0.126. The first-order valence-corrected chi connectivity index (χ1v) is 10.3. The highest BCUT2D eigenvalue weighted by atomic mass is 32.2. The summed E-state index contributed by atoms with van der Waals surface area (Å²) in [5, 5.41) is 14.3. The lowest BCUT2D eigenvalue weighted by Crippen LogP contribution is -2.02. The third kappa shape index (κ3) is 4.17. The standard InChI is InChI=1S/C24H17N3O2S/c1-16(28)21-12-19(14-25)24(26-23(21)18-10-6-3-7-11-18)30-15-20-13-22(29-27-20)17-8-4-2-5-9-17/h2-13H,15H2,1H3. The maximum absolute atomic E-state index is 12.2. The van der Waals surface area contributed by atoms with E-state index in [1.807, 2.05) is 66.7 Å². The molecule has 0 bridgehead atoms. The summed E-state index contributed by atoms with van der Waals surface area (Å²) in [6.45, 7) is 1.48. The Morgan fingerprint density at radius 1 is 1.03 bits per heavy atom. The molecular formula is C24H17N3O2S. The van der Waals surface area contributed by atoms with Gasteiger partial charge in [-0.05, 0) is 13.0 Å². The zero-order valence-electron chi connectivity index (χ0n) is 16.2. The fourth-order valence-corrected chi connectivity index (χ4v) is 3.87. The van der Waals surface area contributed by atoms with Gasteiger partial charge in [-0.25, -0.2) is 4.98 Å². The molecule has 0 unspecified atom stereocenters. The van der Waals surface area contributed by atoms with E-state index >= 15 is 0 Å². The molecule has 2 heterocycles. The normalized spacial score (nSPS) is 10.5. The van der Waals surface area contributed by atoms with Crippen LogP contribution < -0.4 is 0 Å². The monoisotopic (exact) mass is 411 g/mol. The molecule has 2 aromatic carbocycles. The Morgan fingerprint density at radius 3 is 2.33 bits per heavy atom. The molecule has 2 aromatic heterocycles. The van der Waals surface area contributed by atoms with Gasteiger partial charge in [0.2, 0.25) is 0 Å². The summed E-state index contributed by atoms with van der Waals surface area (Å²) in [7, 11) is 0. The molecule has 0 saturated heterocycles. The molecule has 0 aliphatic rings. The molecule has 0 aliphatic carbocycles. The highest BCUT2D eigenvalue weighted by Gasteiger charge is 2.17. The van der Waals surface area contributed by atoms with Gasteiger partial charge >= 0.3 is 0 Å². The number of hydrogen-bond acceptors (Lipinski definition) is 6. The van der Waals surface area contributed by atoms with E-state index in [2.05, 4.69) is 16.2 Å². The summed E-state index contributed by atoms with van der Waals surface area (Å²) in [6, 6.07) is 24.9. The van der Waals surface area contributed by atoms with E-state index in [4.69, 9.17) is 4.52 Å². The Kier molecular flexibility index (Phi) is 5.73. The molecule has 5 nitrogen and oxygen atoms in total. The number of carbonyl (C=O) groups is 1. The lowest BCUT2D eigenvalue weighted by Gasteiger charge is -2.10. The van der Waals surface area contributed by atoms with Crippen molar-refractivity contribution in [2.45, 2.75) is 17.7 Å². The van der Waals surface area contributed by atoms with Crippen molar-refractivity contribution in [1.29, 1.82) is 5.26 Å². The van der Waals surface area contributed by atoms with Crippen molar-refractivity contribution < 1.29 is 9.32 Å². The van der Waals surface area contributed by atoms with E-state index in [9.17, 15) is 10.1 Å². The Morgan fingerprint density at radius 2 is 1.70 bits per heavy atom. The number of Topliss-reactive ketones (excluding diaryl/α,β-unsaturated/α-hetero) is 1. The maximum atomic E-state index is 12.2. The first-order valence-electron chi connectivity index (χ1n) is 9.31. The number of thioether (sulfide) groups is 1. The fourth-order valence-electron chi connectivity index (χ4n) is 3.03. The minimum atomic E-state index is -0.126. The maximum Gasteiger partial charge on any atom is 0.167 e. The first kappa shape index (κ1) is 19.6. The largest absolute Gasteiger partial charge is 0.356 e. The molecule has 0 aliphatic heterocycles. The Bertz CT molecular complexity index is 1230. The van der Waals surface area contributed by atoms with Crippen LogP contribution in [0.15, 0.2) is 82.3 Å². The molecule has 30 heavy (non-hydrogen) atoms. The van der Waals surface area contributed by atoms with Crippen LogP contribution in [0.3, 0.4) is 0 Å². The summed E-state index contributed by atoms with van der Waals surface area (Å²) in [5.41, 5.74) is 3.93. The second-order valence-electron chi connectivity index (χ2n) is 6.61. The van der Waals surface area contributed by atoms with Crippen molar-refractivity contribution in [3.63, 3.8) is 0 Å². The van der Waals surface area contributed by atoms with Crippen molar-refractivity contribution >= 4 is 17.5 Å². The van der Waals surface area contributed by atoms with E-state index in [0.29, 0.717) is 33.4 Å². The summed E-state index contributed by atoms with van der Waals surface area (Å²) in [6.07, 6.45) is 0. The van der Waals surface area contributed by atoms with Crippen LogP contribution in [0.2, 0.25) is 0 Å². The van der Waals surface area contributed by atoms with Crippen LogP contribution in [0.1, 0.15) is 28.5 Å². The number of ketones is 1. The average Bonchev–Trinajstić information content (AvgIpc) is 3.27. The van der Waals surface area contributed by atoms with E-state index < -0.39 is 0 Å². The van der Waals surface area contributed by atoms with Crippen LogP contribution in [0.25, 0.3) is 22.6 Å². The number of pyridine rings is 1. The zero-order chi connectivity index (χ0) is 20.9. The van der Waals surface area contributed by atoms with Crippen LogP contribution in [-0.2, 0) is 5.75 Å². The van der Waals surface area contributed by atoms with E-state index in [-0.39, 0.29) is 5.78 Å². The second-order valence-corrected chi connectivity index (χ2v) is 7.57. The minimum Gasteiger partial charge on any atom is -0.356 e. The first-order chi connectivity index (χ1) is 14.7. The van der Waals surface area contributed by atoms with E-state index in [1.165, 1.54) is 18.7 Å². The number of carbonyl (C=O) groups excluding carboxylic acids is 1. The van der Waals surface area contributed by atoms with E-state index in [0.717, 1.165) is 16.8 Å². The summed E-state index contributed by atoms with van der Waals surface area (Å²) in [4.78, 5) is 16.8. The highest BCUT2D eigenvalue weighted by molar-refractivity contribution is 7.98. The van der Waals surface area contributed by atoms with Gasteiger partial charge in [0.25, 0.3) is 0 Å². The Balaban J connectivity index is 1.64. The number of hydrogen-bond donors (Lipinski definition) is 0. The molecule has 0 spiro atoms. The van der Waals surface area contributed by atoms with Gasteiger partial charge in [-0.3, -0.25) is 4.79 Å². The van der Waals surface area contributed by atoms with Crippen LogP contribution in [0.4, 0.5) is 0 Å². The molecule has 0 radical (unpaired) electrons. The van der Waals surface area contributed by atoms with E-state index in [1.54, 1.807) is 6.07 Å². The molecule has 0 saturated carbocycles. The molecule has 4 rings (SSSR count). The van der Waals surface area contributed by atoms with Crippen molar-refractivity contribution in [1.82, 2.24) is 10.1 Å². The molecule has 0 amide bonds. The van der Waals surface area contributed by atoms with Crippen LogP contribution in [-0.4, -0.2) is 15.9 Å². The molecule has 0 N–H and O–H groups in total. The fraction of sp³-hybridized carbons (Fsp3) is 0.0833. The lowest BCUT2D eigenvalue weighted by molar-refractivity contribution is 0.101. The summed E-state index contributed by atoms with van der Waals surface area (Å²) in [5.74, 6) is 1.06. The lowest BCUT2D eigenvalue weighted by atomic mass is 10.0. The SMILES string of the molecule is CC(=O)c1cc(C#N)c(SCc2cc(-c3ccccc3)on2)nc1-c1ccccc1. The number of nitrogens with zero attached hydrogens (tertiary/aromatic N) is 3. The third-order valence-electron chi connectivity index (χ3n) is 4.51. The van der Waals surface area contributed by atoms with Crippen molar-refractivity contribution in [3.8, 4) is 28.7 Å². The molecule has 0 atom stereocenters. The van der Waals surface area contributed by atoms with Gasteiger partial charge in [-0.1, -0.05) is 77.6 Å². The van der Waals surface area contributed by atoms with Gasteiger partial charge in [-0.2, -0.15) is 5.26 Å². The summed E-state index contributed by atoms with van der Waals surface area (Å²) >= 11 is 1.40. The molecular weight excluding hydrogens is 394 g/mol. The van der Waals surface area contributed by atoms with Crippen molar-refractivity contribution in [2.24, 2.45) is 0 Å². The third-order valence-corrected chi connectivity index (χ3v) is 5.53. The number of aromatic nitrogens is 2. The van der Waals surface area contributed by atoms with Crippen LogP contribution >= 0.6 is 11.8 Å². The highest BCUT2D eigenvalue weighted by Crippen LogP contribution is 2.31.